The minimum absolute atomic E-state index is 0.449. The van der Waals surface area contributed by atoms with Gasteiger partial charge in [0.15, 0.2) is 0 Å². The Morgan fingerprint density at radius 2 is 1.37 bits per heavy atom. The van der Waals surface area contributed by atoms with Gasteiger partial charge in [-0.15, -0.1) is 0 Å². The molecule has 0 radical (unpaired) electrons. The molecule has 1 N–H and O–H groups in total. The Morgan fingerprint density at radius 3 is 1.74 bits per heavy atom. The van der Waals surface area contributed by atoms with Crippen LogP contribution in [0.5, 0.6) is 0 Å². The summed E-state index contributed by atoms with van der Waals surface area (Å²) < 4.78 is 11.4. The lowest BCUT2D eigenvalue weighted by atomic mass is 9.84. The van der Waals surface area contributed by atoms with Gasteiger partial charge in [0.1, 0.15) is 5.60 Å². The van der Waals surface area contributed by atoms with Crippen LogP contribution in [0.2, 0.25) is 0 Å². The molecule has 0 aliphatic carbocycles. The van der Waals surface area contributed by atoms with Crippen LogP contribution in [0.25, 0.3) is 0 Å². The van der Waals surface area contributed by atoms with Gasteiger partial charge in [0.05, 0.1) is 0 Å². The summed E-state index contributed by atoms with van der Waals surface area (Å²) >= 11 is 0. The van der Waals surface area contributed by atoms with E-state index in [4.69, 9.17) is 0 Å². The van der Waals surface area contributed by atoms with E-state index in [1.54, 1.807) is 6.26 Å². The maximum atomic E-state index is 11.4. The van der Waals surface area contributed by atoms with E-state index < -0.39 is 16.4 Å². The first-order chi connectivity index (χ1) is 9.13. The van der Waals surface area contributed by atoms with Crippen molar-refractivity contribution in [1.29, 1.82) is 0 Å². The first-order valence-electron chi connectivity index (χ1n) is 6.26. The van der Waals surface area contributed by atoms with E-state index in [9.17, 15) is 9.32 Å². The van der Waals surface area contributed by atoms with Crippen molar-refractivity contribution in [2.75, 3.05) is 12.0 Å². The first-order valence-corrected chi connectivity index (χ1v) is 7.99. The Kier molecular flexibility index (Phi) is 4.51. The van der Waals surface area contributed by atoms with E-state index >= 15 is 0 Å². The fraction of sp³-hybridized carbons (Fsp3) is 0.250. The van der Waals surface area contributed by atoms with Crippen LogP contribution in [0.15, 0.2) is 60.7 Å². The van der Waals surface area contributed by atoms with Gasteiger partial charge in [0.2, 0.25) is 0 Å². The molecule has 1 atom stereocenters. The zero-order valence-electron chi connectivity index (χ0n) is 11.0. The highest BCUT2D eigenvalue weighted by Gasteiger charge is 2.31. The summed E-state index contributed by atoms with van der Waals surface area (Å²) in [6.45, 7) is 0. The molecular formula is C16H18O2S. The Morgan fingerprint density at radius 1 is 0.947 bits per heavy atom. The van der Waals surface area contributed by atoms with Crippen molar-refractivity contribution in [3.05, 3.63) is 71.8 Å². The Hall–Kier alpha value is -1.45. The summed E-state index contributed by atoms with van der Waals surface area (Å²) in [6, 6.07) is 19.1. The zero-order chi connectivity index (χ0) is 13.7. The van der Waals surface area contributed by atoms with Gasteiger partial charge in [-0.1, -0.05) is 60.7 Å². The molecule has 0 saturated carbocycles. The molecule has 0 bridgehead atoms. The SMILES string of the molecule is C[S@](=O)CCC(O)(c1ccccc1)c1ccccc1. The average Bonchev–Trinajstić information content (AvgIpc) is 2.46. The number of benzene rings is 2. The second-order valence-corrected chi connectivity index (χ2v) is 6.17. The smallest absolute Gasteiger partial charge is 0.115 e. The predicted molar refractivity (Wildman–Crippen MR) is 79.4 cm³/mol. The highest BCUT2D eigenvalue weighted by atomic mass is 32.2. The molecule has 0 unspecified atom stereocenters. The molecule has 2 nitrogen and oxygen atoms in total. The minimum atomic E-state index is -1.08. The van der Waals surface area contributed by atoms with Gasteiger partial charge >= 0.3 is 0 Å². The molecule has 19 heavy (non-hydrogen) atoms. The normalized spacial score (nSPS) is 13.2. The Bertz CT molecular complexity index is 498. The number of aliphatic hydroxyl groups is 1. The summed E-state index contributed by atoms with van der Waals surface area (Å²) in [5.41, 5.74) is 0.604. The molecular weight excluding hydrogens is 256 g/mol. The summed E-state index contributed by atoms with van der Waals surface area (Å²) in [5, 5.41) is 11.1. The van der Waals surface area contributed by atoms with Gasteiger partial charge in [-0.05, 0) is 17.5 Å². The topological polar surface area (TPSA) is 37.3 Å². The zero-order valence-corrected chi connectivity index (χ0v) is 11.8. The second kappa shape index (κ2) is 6.13. The molecule has 2 aromatic carbocycles. The van der Waals surface area contributed by atoms with Crippen LogP contribution in [-0.4, -0.2) is 21.3 Å². The highest BCUT2D eigenvalue weighted by molar-refractivity contribution is 7.84. The van der Waals surface area contributed by atoms with Crippen LogP contribution >= 0.6 is 0 Å². The van der Waals surface area contributed by atoms with Gasteiger partial charge < -0.3 is 5.11 Å². The lowest BCUT2D eigenvalue weighted by Gasteiger charge is -2.29. The molecule has 2 rings (SSSR count). The lowest BCUT2D eigenvalue weighted by Crippen LogP contribution is -2.29. The molecule has 0 fully saturated rings. The first kappa shape index (κ1) is 14.0. The van der Waals surface area contributed by atoms with Crippen LogP contribution in [-0.2, 0) is 16.4 Å². The minimum Gasteiger partial charge on any atom is -0.380 e. The number of hydrogen-bond acceptors (Lipinski definition) is 2. The molecule has 0 spiro atoms. The molecule has 0 saturated heterocycles. The summed E-state index contributed by atoms with van der Waals surface area (Å²) in [7, 11) is -0.920. The third kappa shape index (κ3) is 3.31. The van der Waals surface area contributed by atoms with Crippen molar-refractivity contribution >= 4 is 10.8 Å². The van der Waals surface area contributed by atoms with E-state index in [1.807, 2.05) is 60.7 Å². The van der Waals surface area contributed by atoms with Crippen molar-refractivity contribution in [3.63, 3.8) is 0 Å². The van der Waals surface area contributed by atoms with Crippen molar-refractivity contribution in [2.45, 2.75) is 12.0 Å². The highest BCUT2D eigenvalue weighted by Crippen LogP contribution is 2.32. The summed E-state index contributed by atoms with van der Waals surface area (Å²) in [4.78, 5) is 0. The third-order valence-corrected chi connectivity index (χ3v) is 4.03. The largest absolute Gasteiger partial charge is 0.380 e. The average molecular weight is 274 g/mol. The molecule has 0 aliphatic rings. The quantitative estimate of drug-likeness (QED) is 0.910. The van der Waals surface area contributed by atoms with Crippen LogP contribution in [0.3, 0.4) is 0 Å². The van der Waals surface area contributed by atoms with E-state index in [0.29, 0.717) is 12.2 Å². The fourth-order valence-corrected chi connectivity index (χ4v) is 2.76. The van der Waals surface area contributed by atoms with E-state index in [0.717, 1.165) is 11.1 Å². The monoisotopic (exact) mass is 274 g/mol. The van der Waals surface area contributed by atoms with E-state index in [2.05, 4.69) is 0 Å². The van der Waals surface area contributed by atoms with Gasteiger partial charge in [0.25, 0.3) is 0 Å². The van der Waals surface area contributed by atoms with Crippen LogP contribution in [0.4, 0.5) is 0 Å². The van der Waals surface area contributed by atoms with Crippen molar-refractivity contribution in [1.82, 2.24) is 0 Å². The maximum absolute atomic E-state index is 11.4. The van der Waals surface area contributed by atoms with Crippen LogP contribution in [0, 0.1) is 0 Å². The van der Waals surface area contributed by atoms with Crippen molar-refractivity contribution < 1.29 is 9.32 Å². The van der Waals surface area contributed by atoms with Crippen LogP contribution < -0.4 is 0 Å². The van der Waals surface area contributed by atoms with Crippen molar-refractivity contribution in [3.8, 4) is 0 Å². The van der Waals surface area contributed by atoms with Gasteiger partial charge in [-0.25, -0.2) is 0 Å². The maximum Gasteiger partial charge on any atom is 0.115 e. The Labute approximate surface area is 116 Å². The number of hydrogen-bond donors (Lipinski definition) is 1. The molecule has 0 aliphatic heterocycles. The third-order valence-electron chi connectivity index (χ3n) is 3.25. The lowest BCUT2D eigenvalue weighted by molar-refractivity contribution is 0.0776. The molecule has 3 heteroatoms. The molecule has 0 aromatic heterocycles. The summed E-state index contributed by atoms with van der Waals surface area (Å²) in [5.74, 6) is 0.473. The van der Waals surface area contributed by atoms with E-state index in [1.165, 1.54) is 0 Å². The molecule has 0 amide bonds. The fourth-order valence-electron chi connectivity index (χ4n) is 2.17. The molecule has 0 heterocycles. The molecule has 2 aromatic rings. The van der Waals surface area contributed by atoms with Gasteiger partial charge in [0, 0.05) is 22.8 Å². The van der Waals surface area contributed by atoms with Gasteiger partial charge in [-0.3, -0.25) is 4.21 Å². The molecule has 100 valence electrons. The Balaban J connectivity index is 2.41. The standard InChI is InChI=1S/C16H18O2S/c1-19(18)13-12-16(17,14-8-4-2-5-9-14)15-10-6-3-7-11-15/h2-11,17H,12-13H2,1H3/t19-/m0/s1. The summed E-state index contributed by atoms with van der Waals surface area (Å²) in [6.07, 6.45) is 2.11. The second-order valence-electron chi connectivity index (χ2n) is 4.62. The van der Waals surface area contributed by atoms with Crippen LogP contribution in [0.1, 0.15) is 17.5 Å². The number of rotatable bonds is 5. The van der Waals surface area contributed by atoms with Crippen molar-refractivity contribution in [2.24, 2.45) is 0 Å². The van der Waals surface area contributed by atoms with E-state index in [-0.39, 0.29) is 0 Å². The predicted octanol–water partition coefficient (Wildman–Crippen LogP) is 2.69. The van der Waals surface area contributed by atoms with Gasteiger partial charge in [-0.2, -0.15) is 0 Å².